The Morgan fingerprint density at radius 2 is 2.00 bits per heavy atom. The van der Waals surface area contributed by atoms with E-state index >= 15 is 0 Å². The molecule has 9 heteroatoms. The zero-order valence-corrected chi connectivity index (χ0v) is 15.1. The van der Waals surface area contributed by atoms with Crippen molar-refractivity contribution in [2.24, 2.45) is 0 Å². The minimum Gasteiger partial charge on any atom is -0.462 e. The number of hydrogen-bond acceptors (Lipinski definition) is 5. The summed E-state index contributed by atoms with van der Waals surface area (Å²) in [5.74, 6) is -1.28. The Kier molecular flexibility index (Phi) is 4.34. The number of nitrogens with zero attached hydrogens (tertiary/aromatic N) is 2. The lowest BCUT2D eigenvalue weighted by Gasteiger charge is -2.08. The largest absolute Gasteiger partial charge is 0.462 e. The van der Waals surface area contributed by atoms with Crippen LogP contribution in [0.2, 0.25) is 0 Å². The number of nitro groups is 1. The van der Waals surface area contributed by atoms with Crippen molar-refractivity contribution in [3.05, 3.63) is 80.5 Å². The fraction of sp³-hybridized carbons (Fsp3) is 0.100. The molecule has 0 spiro atoms. The highest BCUT2D eigenvalue weighted by Gasteiger charge is 2.20. The number of carbonyl (C=O) groups excluding carboxylic acids is 1. The molecule has 2 aromatic heterocycles. The van der Waals surface area contributed by atoms with Crippen LogP contribution in [0.1, 0.15) is 17.3 Å². The molecule has 0 radical (unpaired) electrons. The molecule has 0 unspecified atom stereocenters. The first-order valence-corrected chi connectivity index (χ1v) is 8.69. The van der Waals surface area contributed by atoms with E-state index in [2.05, 4.69) is 4.98 Å². The van der Waals surface area contributed by atoms with Crippen LogP contribution < -0.4 is 5.56 Å². The topological polar surface area (TPSA) is 107 Å². The van der Waals surface area contributed by atoms with Crippen molar-refractivity contribution in [3.8, 4) is 5.69 Å². The number of hydrogen-bond donors (Lipinski definition) is 1. The Bertz CT molecular complexity index is 1360. The fourth-order valence-corrected chi connectivity index (χ4v) is 3.29. The number of halogens is 1. The second-order valence-corrected chi connectivity index (χ2v) is 6.28. The van der Waals surface area contributed by atoms with Gasteiger partial charge in [0.25, 0.3) is 11.2 Å². The van der Waals surface area contributed by atoms with Crippen molar-refractivity contribution in [1.82, 2.24) is 9.55 Å². The minimum absolute atomic E-state index is 0.0709. The monoisotopic (exact) mass is 395 g/mol. The molecule has 4 rings (SSSR count). The zero-order chi connectivity index (χ0) is 20.7. The number of pyridine rings is 1. The number of nitrogens with one attached hydrogen (secondary N) is 1. The number of rotatable bonds is 4. The van der Waals surface area contributed by atoms with E-state index < -0.39 is 28.0 Å². The highest BCUT2D eigenvalue weighted by atomic mass is 19.1. The summed E-state index contributed by atoms with van der Waals surface area (Å²) in [5.41, 5.74) is -0.0763. The first-order valence-electron chi connectivity index (χ1n) is 8.69. The maximum atomic E-state index is 13.8. The molecule has 2 heterocycles. The highest BCUT2D eigenvalue weighted by molar-refractivity contribution is 6.09. The quantitative estimate of drug-likeness (QED) is 0.322. The minimum atomic E-state index is -0.767. The molecule has 2 aromatic carbocycles. The molecule has 0 aliphatic rings. The maximum absolute atomic E-state index is 13.8. The Labute approximate surface area is 162 Å². The number of aromatic amines is 1. The second kappa shape index (κ2) is 6.86. The lowest BCUT2D eigenvalue weighted by molar-refractivity contribution is -0.383. The van der Waals surface area contributed by atoms with E-state index in [1.165, 1.54) is 16.8 Å². The molecule has 0 bridgehead atoms. The summed E-state index contributed by atoms with van der Waals surface area (Å²) in [6.45, 7) is 1.91. The predicted molar refractivity (Wildman–Crippen MR) is 104 cm³/mol. The molecule has 0 saturated heterocycles. The Hall–Kier alpha value is -4.01. The standard InChI is InChI=1S/C20H14FN3O5/c1-2-29-20(26)11-4-3-5-13(8-11)23-7-6-14-15-9-12(21)10-16(24(27)28)17(15)22-18(14)19(23)25/h3-10,22H,2H2,1H3. The van der Waals surface area contributed by atoms with Crippen LogP contribution in [0.4, 0.5) is 10.1 Å². The Balaban J connectivity index is 1.94. The molecule has 0 aliphatic heterocycles. The van der Waals surface area contributed by atoms with E-state index in [-0.39, 0.29) is 28.6 Å². The molecule has 29 heavy (non-hydrogen) atoms. The van der Waals surface area contributed by atoms with Crippen LogP contribution in [0.5, 0.6) is 0 Å². The lowest BCUT2D eigenvalue weighted by atomic mass is 10.1. The van der Waals surface area contributed by atoms with E-state index in [0.29, 0.717) is 11.1 Å². The zero-order valence-electron chi connectivity index (χ0n) is 15.1. The van der Waals surface area contributed by atoms with Crippen molar-refractivity contribution >= 4 is 33.5 Å². The van der Waals surface area contributed by atoms with Gasteiger partial charge in [0.2, 0.25) is 0 Å². The van der Waals surface area contributed by atoms with Crippen LogP contribution >= 0.6 is 0 Å². The summed E-state index contributed by atoms with van der Waals surface area (Å²) in [6, 6.07) is 9.85. The Morgan fingerprint density at radius 3 is 2.72 bits per heavy atom. The van der Waals surface area contributed by atoms with Gasteiger partial charge in [-0.25, -0.2) is 9.18 Å². The van der Waals surface area contributed by atoms with Crippen LogP contribution in [-0.2, 0) is 4.74 Å². The normalized spacial score (nSPS) is 11.1. The van der Waals surface area contributed by atoms with Gasteiger partial charge >= 0.3 is 5.97 Å². The molecule has 0 aliphatic carbocycles. The average molecular weight is 395 g/mol. The van der Waals surface area contributed by atoms with Crippen LogP contribution in [0.25, 0.3) is 27.5 Å². The average Bonchev–Trinajstić information content (AvgIpc) is 3.07. The third-order valence-corrected chi connectivity index (χ3v) is 4.55. The number of esters is 1. The number of carbonyl (C=O) groups is 1. The van der Waals surface area contributed by atoms with Crippen molar-refractivity contribution in [2.75, 3.05) is 6.61 Å². The SMILES string of the molecule is CCOC(=O)c1cccc(-n2ccc3c([nH]c4c([N+](=O)[O-])cc(F)cc43)c2=O)c1. The summed E-state index contributed by atoms with van der Waals surface area (Å²) in [6.07, 6.45) is 1.47. The number of fused-ring (bicyclic) bond motifs is 3. The molecular weight excluding hydrogens is 381 g/mol. The Morgan fingerprint density at radius 1 is 1.21 bits per heavy atom. The van der Waals surface area contributed by atoms with E-state index in [4.69, 9.17) is 4.74 Å². The number of ether oxygens (including phenoxy) is 1. The van der Waals surface area contributed by atoms with Crippen molar-refractivity contribution in [3.63, 3.8) is 0 Å². The highest BCUT2D eigenvalue weighted by Crippen LogP contribution is 2.31. The van der Waals surface area contributed by atoms with Gasteiger partial charge in [-0.15, -0.1) is 0 Å². The van der Waals surface area contributed by atoms with Crippen molar-refractivity contribution in [1.29, 1.82) is 0 Å². The summed E-state index contributed by atoms with van der Waals surface area (Å²) in [5, 5.41) is 11.9. The van der Waals surface area contributed by atoms with Crippen LogP contribution in [0.15, 0.2) is 53.5 Å². The maximum Gasteiger partial charge on any atom is 0.338 e. The first kappa shape index (κ1) is 18.4. The molecule has 0 fully saturated rings. The van der Waals surface area contributed by atoms with Gasteiger partial charge in [-0.1, -0.05) is 6.07 Å². The van der Waals surface area contributed by atoms with Gasteiger partial charge in [-0.05, 0) is 37.3 Å². The third kappa shape index (κ3) is 3.02. The molecule has 4 aromatic rings. The lowest BCUT2D eigenvalue weighted by Crippen LogP contribution is -2.18. The summed E-state index contributed by atoms with van der Waals surface area (Å²) in [7, 11) is 0. The van der Waals surface area contributed by atoms with E-state index in [1.54, 1.807) is 31.2 Å². The van der Waals surface area contributed by atoms with Gasteiger partial charge in [0.05, 0.1) is 23.2 Å². The van der Waals surface area contributed by atoms with Crippen LogP contribution in [-0.4, -0.2) is 27.1 Å². The summed E-state index contributed by atoms with van der Waals surface area (Å²) < 4.78 is 20.1. The van der Waals surface area contributed by atoms with Gasteiger partial charge in [-0.3, -0.25) is 19.5 Å². The molecule has 8 nitrogen and oxygen atoms in total. The van der Waals surface area contributed by atoms with Gasteiger partial charge in [0.1, 0.15) is 16.9 Å². The third-order valence-electron chi connectivity index (χ3n) is 4.55. The van der Waals surface area contributed by atoms with E-state index in [0.717, 1.165) is 12.1 Å². The van der Waals surface area contributed by atoms with E-state index in [1.807, 2.05) is 0 Å². The van der Waals surface area contributed by atoms with Crippen LogP contribution in [0.3, 0.4) is 0 Å². The van der Waals surface area contributed by atoms with Gasteiger partial charge < -0.3 is 9.72 Å². The molecule has 0 atom stereocenters. The smallest absolute Gasteiger partial charge is 0.338 e. The molecule has 0 saturated carbocycles. The van der Waals surface area contributed by atoms with Gasteiger partial charge in [0, 0.05) is 22.7 Å². The number of aromatic nitrogens is 2. The second-order valence-electron chi connectivity index (χ2n) is 6.28. The number of nitro benzene ring substituents is 1. The fourth-order valence-electron chi connectivity index (χ4n) is 3.29. The summed E-state index contributed by atoms with van der Waals surface area (Å²) >= 11 is 0. The molecule has 0 amide bonds. The molecule has 146 valence electrons. The van der Waals surface area contributed by atoms with Crippen molar-refractivity contribution in [2.45, 2.75) is 6.92 Å². The van der Waals surface area contributed by atoms with Gasteiger partial charge in [0.15, 0.2) is 0 Å². The summed E-state index contributed by atoms with van der Waals surface area (Å²) in [4.78, 5) is 38.3. The van der Waals surface area contributed by atoms with Crippen molar-refractivity contribution < 1.29 is 18.8 Å². The number of benzene rings is 2. The predicted octanol–water partition coefficient (Wildman–Crippen LogP) is 3.70. The van der Waals surface area contributed by atoms with E-state index in [9.17, 15) is 24.1 Å². The first-order chi connectivity index (χ1) is 13.9. The van der Waals surface area contributed by atoms with Crippen LogP contribution in [0, 0.1) is 15.9 Å². The molecule has 1 N–H and O–H groups in total. The van der Waals surface area contributed by atoms with Gasteiger partial charge in [-0.2, -0.15) is 0 Å². The molecular formula is C20H14FN3O5. The number of non-ortho nitro benzene ring substituents is 1. The number of H-pyrrole nitrogens is 1.